The maximum atomic E-state index is 5.97. The lowest BCUT2D eigenvalue weighted by molar-refractivity contribution is 0.344. The van der Waals surface area contributed by atoms with Crippen LogP contribution in [0.1, 0.15) is 22.3 Å². The fourth-order valence-electron chi connectivity index (χ4n) is 2.87. The Labute approximate surface area is 186 Å². The number of benzene rings is 3. The summed E-state index contributed by atoms with van der Waals surface area (Å²) in [4.78, 5) is 0. The van der Waals surface area contributed by atoms with Crippen LogP contribution in [-0.4, -0.2) is 26.2 Å². The largest absolute Gasteiger partial charge is 0.497 e. The number of hydrogen-bond acceptors (Lipinski definition) is 3. The average molecular weight is 465 g/mol. The summed E-state index contributed by atoms with van der Waals surface area (Å²) in [5.41, 5.74) is 4.33. The Kier molecular flexibility index (Phi) is 8.16. The zero-order valence-electron chi connectivity index (χ0n) is 17.2. The van der Waals surface area contributed by atoms with Crippen LogP contribution in [0.5, 0.6) is 17.2 Å². The molecule has 0 bridgehead atoms. The lowest BCUT2D eigenvalue weighted by Gasteiger charge is -2.09. The molecule has 0 atom stereocenters. The molecule has 4 heteroatoms. The van der Waals surface area contributed by atoms with E-state index in [2.05, 4.69) is 58.4 Å². The summed E-state index contributed by atoms with van der Waals surface area (Å²) in [6.07, 6.45) is 8.31. The highest BCUT2D eigenvalue weighted by atomic mass is 79.9. The van der Waals surface area contributed by atoms with Gasteiger partial charge in [-0.1, -0.05) is 76.6 Å². The summed E-state index contributed by atoms with van der Waals surface area (Å²) in [5, 5.41) is 0.778. The SMILES string of the molecule is COc1ccc(/C=C/c2ccc(/C=C/c3ccc(OC)cc3)c(OCCBr)c2)cc1. The van der Waals surface area contributed by atoms with Crippen LogP contribution in [0, 0.1) is 0 Å². The minimum absolute atomic E-state index is 0.606. The number of rotatable bonds is 9. The number of alkyl halides is 1. The predicted octanol–water partition coefficient (Wildman–Crippen LogP) is 6.82. The van der Waals surface area contributed by atoms with Crippen molar-refractivity contribution in [3.05, 3.63) is 89.0 Å². The Morgan fingerprint density at radius 1 is 0.667 bits per heavy atom. The molecule has 0 N–H and O–H groups in total. The zero-order chi connectivity index (χ0) is 21.2. The van der Waals surface area contributed by atoms with Crippen molar-refractivity contribution in [1.82, 2.24) is 0 Å². The molecular formula is C26H25BrO3. The van der Waals surface area contributed by atoms with Crippen molar-refractivity contribution in [3.63, 3.8) is 0 Å². The van der Waals surface area contributed by atoms with Crippen LogP contribution in [0.15, 0.2) is 66.7 Å². The molecule has 154 valence electrons. The van der Waals surface area contributed by atoms with Crippen LogP contribution in [0.2, 0.25) is 0 Å². The Hall–Kier alpha value is -2.98. The molecule has 0 saturated carbocycles. The summed E-state index contributed by atoms with van der Waals surface area (Å²) in [6.45, 7) is 0.606. The van der Waals surface area contributed by atoms with Gasteiger partial charge in [-0.25, -0.2) is 0 Å². The van der Waals surface area contributed by atoms with Gasteiger partial charge in [0.1, 0.15) is 17.2 Å². The number of halogens is 1. The summed E-state index contributed by atoms with van der Waals surface area (Å²) in [7, 11) is 3.34. The fourth-order valence-corrected chi connectivity index (χ4v) is 3.04. The highest BCUT2D eigenvalue weighted by Gasteiger charge is 2.03. The van der Waals surface area contributed by atoms with Gasteiger partial charge in [-0.15, -0.1) is 0 Å². The van der Waals surface area contributed by atoms with E-state index in [1.165, 1.54) is 0 Å². The third-order valence-corrected chi connectivity index (χ3v) is 4.85. The van der Waals surface area contributed by atoms with Crippen molar-refractivity contribution in [1.29, 1.82) is 0 Å². The standard InChI is InChI=1S/C26H25BrO3/c1-28-24-13-7-20(8-14-24)3-4-22-6-12-23(26(19-22)30-18-17-27)11-5-21-9-15-25(29-2)16-10-21/h3-16,19H,17-18H2,1-2H3/b4-3+,11-5+. The minimum Gasteiger partial charge on any atom is -0.497 e. The molecule has 3 aromatic rings. The third-order valence-electron chi connectivity index (χ3n) is 4.53. The maximum absolute atomic E-state index is 5.97. The molecular weight excluding hydrogens is 440 g/mol. The molecule has 0 unspecified atom stereocenters. The van der Waals surface area contributed by atoms with Gasteiger partial charge in [-0.3, -0.25) is 0 Å². The normalized spacial score (nSPS) is 11.2. The third kappa shape index (κ3) is 6.26. The van der Waals surface area contributed by atoms with Crippen molar-refractivity contribution in [2.45, 2.75) is 0 Å². The first kappa shape index (κ1) is 21.7. The van der Waals surface area contributed by atoms with Gasteiger partial charge < -0.3 is 14.2 Å². The van der Waals surface area contributed by atoms with E-state index in [-0.39, 0.29) is 0 Å². The number of methoxy groups -OCH3 is 2. The van der Waals surface area contributed by atoms with Crippen LogP contribution in [0.25, 0.3) is 24.3 Å². The lowest BCUT2D eigenvalue weighted by atomic mass is 10.1. The van der Waals surface area contributed by atoms with Crippen molar-refractivity contribution in [2.75, 3.05) is 26.2 Å². The highest BCUT2D eigenvalue weighted by Crippen LogP contribution is 2.25. The van der Waals surface area contributed by atoms with E-state index >= 15 is 0 Å². The topological polar surface area (TPSA) is 27.7 Å². The van der Waals surface area contributed by atoms with Crippen LogP contribution in [0.3, 0.4) is 0 Å². The molecule has 0 fully saturated rings. The Morgan fingerprint density at radius 2 is 1.17 bits per heavy atom. The Balaban J connectivity index is 1.79. The molecule has 3 aromatic carbocycles. The molecule has 30 heavy (non-hydrogen) atoms. The van der Waals surface area contributed by atoms with Gasteiger partial charge in [0.2, 0.25) is 0 Å². The summed E-state index contributed by atoms with van der Waals surface area (Å²) < 4.78 is 16.4. The van der Waals surface area contributed by atoms with Crippen LogP contribution in [-0.2, 0) is 0 Å². The van der Waals surface area contributed by atoms with Gasteiger partial charge in [0.15, 0.2) is 0 Å². The van der Waals surface area contributed by atoms with Gasteiger partial charge in [0.05, 0.1) is 20.8 Å². The lowest BCUT2D eigenvalue weighted by Crippen LogP contribution is -1.99. The molecule has 3 rings (SSSR count). The van der Waals surface area contributed by atoms with Crippen molar-refractivity contribution in [3.8, 4) is 17.2 Å². The summed E-state index contributed by atoms with van der Waals surface area (Å²) >= 11 is 3.43. The quantitative estimate of drug-likeness (QED) is 0.256. The van der Waals surface area contributed by atoms with Gasteiger partial charge in [-0.05, 0) is 47.0 Å². The second kappa shape index (κ2) is 11.3. The molecule has 0 aliphatic rings. The molecule has 0 radical (unpaired) electrons. The fraction of sp³-hybridized carbons (Fsp3) is 0.154. The molecule has 0 saturated heterocycles. The first-order valence-corrected chi connectivity index (χ1v) is 10.8. The molecule has 3 nitrogen and oxygen atoms in total. The summed E-state index contributed by atoms with van der Waals surface area (Å²) in [5.74, 6) is 2.56. The van der Waals surface area contributed by atoms with E-state index in [4.69, 9.17) is 14.2 Å². The summed E-state index contributed by atoms with van der Waals surface area (Å²) in [6, 6.07) is 22.2. The molecule has 0 aromatic heterocycles. The van der Waals surface area contributed by atoms with E-state index in [1.807, 2.05) is 48.5 Å². The van der Waals surface area contributed by atoms with E-state index in [9.17, 15) is 0 Å². The van der Waals surface area contributed by atoms with Crippen LogP contribution < -0.4 is 14.2 Å². The molecule has 0 aliphatic heterocycles. The van der Waals surface area contributed by atoms with Crippen molar-refractivity contribution >= 4 is 40.2 Å². The molecule has 0 amide bonds. The first-order valence-electron chi connectivity index (χ1n) is 9.69. The second-order valence-electron chi connectivity index (χ2n) is 6.55. The van der Waals surface area contributed by atoms with Gasteiger partial charge in [-0.2, -0.15) is 0 Å². The van der Waals surface area contributed by atoms with E-state index in [1.54, 1.807) is 14.2 Å². The van der Waals surface area contributed by atoms with E-state index < -0.39 is 0 Å². The molecule has 0 spiro atoms. The monoisotopic (exact) mass is 464 g/mol. The maximum Gasteiger partial charge on any atom is 0.127 e. The minimum atomic E-state index is 0.606. The van der Waals surface area contributed by atoms with Gasteiger partial charge >= 0.3 is 0 Å². The van der Waals surface area contributed by atoms with Gasteiger partial charge in [0, 0.05) is 10.9 Å². The Morgan fingerprint density at radius 3 is 1.70 bits per heavy atom. The van der Waals surface area contributed by atoms with Crippen molar-refractivity contribution in [2.24, 2.45) is 0 Å². The zero-order valence-corrected chi connectivity index (χ0v) is 18.8. The predicted molar refractivity (Wildman–Crippen MR) is 130 cm³/mol. The Bertz CT molecular complexity index is 990. The smallest absolute Gasteiger partial charge is 0.127 e. The first-order chi connectivity index (χ1) is 14.7. The van der Waals surface area contributed by atoms with Crippen LogP contribution in [0.4, 0.5) is 0 Å². The molecule has 0 aliphatic carbocycles. The van der Waals surface area contributed by atoms with E-state index in [0.29, 0.717) is 6.61 Å². The molecule has 0 heterocycles. The van der Waals surface area contributed by atoms with Crippen LogP contribution >= 0.6 is 15.9 Å². The number of hydrogen-bond donors (Lipinski definition) is 0. The van der Waals surface area contributed by atoms with Crippen molar-refractivity contribution < 1.29 is 14.2 Å². The highest BCUT2D eigenvalue weighted by molar-refractivity contribution is 9.09. The van der Waals surface area contributed by atoms with E-state index in [0.717, 1.165) is 44.8 Å². The van der Waals surface area contributed by atoms with Gasteiger partial charge in [0.25, 0.3) is 0 Å². The number of ether oxygens (including phenoxy) is 3. The second-order valence-corrected chi connectivity index (χ2v) is 7.34. The average Bonchev–Trinajstić information content (AvgIpc) is 2.81.